The monoisotopic (exact) mass is 485 g/mol. The summed E-state index contributed by atoms with van der Waals surface area (Å²) in [6.45, 7) is 9.20. The fourth-order valence-electron chi connectivity index (χ4n) is 5.67. The van der Waals surface area contributed by atoms with Crippen LogP contribution in [0.4, 0.5) is 15.9 Å². The number of piperazine rings is 1. The van der Waals surface area contributed by atoms with E-state index in [0.29, 0.717) is 23.7 Å². The number of halogens is 1. The van der Waals surface area contributed by atoms with Crippen molar-refractivity contribution in [1.29, 1.82) is 0 Å². The smallest absolute Gasteiger partial charge is 0.251 e. The summed E-state index contributed by atoms with van der Waals surface area (Å²) >= 11 is 0. The summed E-state index contributed by atoms with van der Waals surface area (Å²) in [6.07, 6.45) is 2.12. The first kappa shape index (κ1) is 23.0. The standard InChI is InChI=1S/C29H32FN5O/c1-18(2)34-11-13-35(14-12-34)21-6-3-19(4-7-21)23-16-24(27(31)33-26(23)30)20-5-8-22-25(15-20)29(9-10-29)17-32-28(22)36/h3-8,15-16,18H,9-14,17H2,1-2H3,(H2,31,33)(H,32,36). The second kappa shape index (κ2) is 8.59. The summed E-state index contributed by atoms with van der Waals surface area (Å²) in [5, 5.41) is 3.00. The van der Waals surface area contributed by atoms with Gasteiger partial charge in [0.15, 0.2) is 0 Å². The van der Waals surface area contributed by atoms with E-state index in [4.69, 9.17) is 5.73 Å². The third kappa shape index (κ3) is 3.91. The van der Waals surface area contributed by atoms with Crippen molar-refractivity contribution in [2.45, 2.75) is 38.1 Å². The van der Waals surface area contributed by atoms with Gasteiger partial charge in [0, 0.05) is 66.6 Å². The van der Waals surface area contributed by atoms with Crippen LogP contribution in [0, 0.1) is 5.95 Å². The van der Waals surface area contributed by atoms with E-state index in [9.17, 15) is 4.79 Å². The number of nitrogens with two attached hydrogens (primary N) is 1. The van der Waals surface area contributed by atoms with Gasteiger partial charge in [0.25, 0.3) is 5.91 Å². The Labute approximate surface area is 211 Å². The number of pyridine rings is 1. The number of nitrogen functional groups attached to an aromatic ring is 1. The first-order chi connectivity index (χ1) is 17.3. The molecular weight excluding hydrogens is 453 g/mol. The maximum absolute atomic E-state index is 15.0. The predicted molar refractivity (Wildman–Crippen MR) is 142 cm³/mol. The van der Waals surface area contributed by atoms with Crippen molar-refractivity contribution in [2.24, 2.45) is 0 Å². The van der Waals surface area contributed by atoms with Gasteiger partial charge >= 0.3 is 0 Å². The number of hydrogen-bond acceptors (Lipinski definition) is 5. The number of rotatable bonds is 4. The number of fused-ring (bicyclic) bond motifs is 2. The lowest BCUT2D eigenvalue weighted by molar-refractivity contribution is 0.0937. The Morgan fingerprint density at radius 1 is 0.944 bits per heavy atom. The first-order valence-corrected chi connectivity index (χ1v) is 12.8. The minimum absolute atomic E-state index is 0.0286. The second-order valence-electron chi connectivity index (χ2n) is 10.6. The lowest BCUT2D eigenvalue weighted by atomic mass is 9.85. The van der Waals surface area contributed by atoms with E-state index in [-0.39, 0.29) is 17.1 Å². The third-order valence-electron chi connectivity index (χ3n) is 8.18. The Bertz CT molecular complexity index is 1320. The summed E-state index contributed by atoms with van der Waals surface area (Å²) < 4.78 is 15.0. The highest BCUT2D eigenvalue weighted by molar-refractivity contribution is 5.98. The van der Waals surface area contributed by atoms with Crippen molar-refractivity contribution in [3.63, 3.8) is 0 Å². The number of aromatic nitrogens is 1. The molecule has 7 heteroatoms. The Balaban J connectivity index is 1.30. The van der Waals surface area contributed by atoms with Crippen molar-refractivity contribution in [2.75, 3.05) is 43.4 Å². The number of amides is 1. The number of anilines is 2. The van der Waals surface area contributed by atoms with Gasteiger partial charge in [0.05, 0.1) is 0 Å². The molecule has 2 aromatic carbocycles. The van der Waals surface area contributed by atoms with Crippen molar-refractivity contribution >= 4 is 17.4 Å². The summed E-state index contributed by atoms with van der Waals surface area (Å²) in [7, 11) is 0. The zero-order valence-corrected chi connectivity index (χ0v) is 20.9. The van der Waals surface area contributed by atoms with Crippen LogP contribution in [-0.2, 0) is 5.41 Å². The molecule has 6 rings (SSSR count). The fraction of sp³-hybridized carbons (Fsp3) is 0.379. The van der Waals surface area contributed by atoms with E-state index in [1.807, 2.05) is 24.3 Å². The fourth-order valence-corrected chi connectivity index (χ4v) is 5.67. The summed E-state index contributed by atoms with van der Waals surface area (Å²) in [6, 6.07) is 16.2. The number of carbonyl (C=O) groups is 1. The number of hydrogen-bond donors (Lipinski definition) is 2. The molecule has 3 N–H and O–H groups in total. The van der Waals surface area contributed by atoms with Gasteiger partial charge in [0.1, 0.15) is 5.82 Å². The Morgan fingerprint density at radius 2 is 1.64 bits per heavy atom. The molecule has 0 radical (unpaired) electrons. The van der Waals surface area contributed by atoms with Gasteiger partial charge in [-0.3, -0.25) is 9.69 Å². The first-order valence-electron chi connectivity index (χ1n) is 12.8. The van der Waals surface area contributed by atoms with Gasteiger partial charge in [-0.2, -0.15) is 4.39 Å². The van der Waals surface area contributed by atoms with Crippen molar-refractivity contribution in [3.05, 3.63) is 65.6 Å². The van der Waals surface area contributed by atoms with E-state index < -0.39 is 5.95 Å². The molecule has 0 bridgehead atoms. The molecule has 186 valence electrons. The van der Waals surface area contributed by atoms with Crippen LogP contribution in [0.2, 0.25) is 0 Å². The molecule has 2 fully saturated rings. The zero-order chi connectivity index (χ0) is 25.0. The van der Waals surface area contributed by atoms with Crippen LogP contribution in [0.1, 0.15) is 42.6 Å². The highest BCUT2D eigenvalue weighted by Gasteiger charge is 2.48. The van der Waals surface area contributed by atoms with Crippen LogP contribution < -0.4 is 16.0 Å². The van der Waals surface area contributed by atoms with E-state index >= 15 is 4.39 Å². The topological polar surface area (TPSA) is 74.5 Å². The molecule has 6 nitrogen and oxygen atoms in total. The van der Waals surface area contributed by atoms with Crippen molar-refractivity contribution in [3.8, 4) is 22.3 Å². The Kier molecular flexibility index (Phi) is 5.48. The maximum atomic E-state index is 15.0. The van der Waals surface area contributed by atoms with Crippen LogP contribution >= 0.6 is 0 Å². The van der Waals surface area contributed by atoms with Crippen LogP contribution in [-0.4, -0.2) is 54.6 Å². The molecular formula is C29H32FN5O. The molecule has 36 heavy (non-hydrogen) atoms. The van der Waals surface area contributed by atoms with Crippen LogP contribution in [0.5, 0.6) is 0 Å². The lowest BCUT2D eigenvalue weighted by Crippen LogP contribution is -2.48. The SMILES string of the molecule is CC(C)N1CCN(c2ccc(-c3cc(-c4ccc5c(c4)C4(CC4)CNC5=O)c(N)nc3F)cc2)CC1. The van der Waals surface area contributed by atoms with E-state index in [1.165, 1.54) is 0 Å². The lowest BCUT2D eigenvalue weighted by Gasteiger charge is -2.38. The van der Waals surface area contributed by atoms with E-state index in [2.05, 4.69) is 52.1 Å². The van der Waals surface area contributed by atoms with E-state index in [1.54, 1.807) is 6.07 Å². The molecule has 3 aliphatic rings. The molecule has 1 saturated heterocycles. The zero-order valence-electron chi connectivity index (χ0n) is 20.9. The number of benzene rings is 2. The van der Waals surface area contributed by atoms with Gasteiger partial charge in [-0.25, -0.2) is 4.98 Å². The molecule has 0 atom stereocenters. The molecule has 3 heterocycles. The van der Waals surface area contributed by atoms with Gasteiger partial charge in [-0.15, -0.1) is 0 Å². The van der Waals surface area contributed by atoms with Gasteiger partial charge in [0.2, 0.25) is 5.95 Å². The number of nitrogens with one attached hydrogen (secondary N) is 1. The van der Waals surface area contributed by atoms with Crippen molar-refractivity contribution < 1.29 is 9.18 Å². The summed E-state index contributed by atoms with van der Waals surface area (Å²) in [5.41, 5.74) is 11.9. The molecule has 1 aliphatic carbocycles. The van der Waals surface area contributed by atoms with Crippen molar-refractivity contribution in [1.82, 2.24) is 15.2 Å². The quantitative estimate of drug-likeness (QED) is 0.535. The van der Waals surface area contributed by atoms with Gasteiger partial charge < -0.3 is 16.0 Å². The Morgan fingerprint density at radius 3 is 2.31 bits per heavy atom. The number of carbonyl (C=O) groups excluding carboxylic acids is 1. The second-order valence-corrected chi connectivity index (χ2v) is 10.6. The normalized spacial score (nSPS) is 18.9. The molecule has 1 aromatic heterocycles. The summed E-state index contributed by atoms with van der Waals surface area (Å²) in [4.78, 5) is 21.3. The molecule has 2 aliphatic heterocycles. The molecule has 1 amide bonds. The Hall–Kier alpha value is -3.45. The average molecular weight is 486 g/mol. The minimum Gasteiger partial charge on any atom is -0.383 e. The predicted octanol–water partition coefficient (Wildman–Crippen LogP) is 4.44. The average Bonchev–Trinajstić information content (AvgIpc) is 3.67. The maximum Gasteiger partial charge on any atom is 0.251 e. The van der Waals surface area contributed by atoms with Crippen LogP contribution in [0.25, 0.3) is 22.3 Å². The minimum atomic E-state index is -0.578. The highest BCUT2D eigenvalue weighted by Crippen LogP contribution is 2.51. The summed E-state index contributed by atoms with van der Waals surface area (Å²) in [5.74, 6) is -0.461. The molecule has 0 unspecified atom stereocenters. The van der Waals surface area contributed by atoms with Gasteiger partial charge in [-0.1, -0.05) is 18.2 Å². The molecule has 1 saturated carbocycles. The third-order valence-corrected chi connectivity index (χ3v) is 8.18. The van der Waals surface area contributed by atoms with E-state index in [0.717, 1.165) is 67.0 Å². The van der Waals surface area contributed by atoms with Gasteiger partial charge in [-0.05, 0) is 73.7 Å². The number of nitrogens with zero attached hydrogens (tertiary/aromatic N) is 3. The van der Waals surface area contributed by atoms with Crippen LogP contribution in [0.15, 0.2) is 48.5 Å². The largest absolute Gasteiger partial charge is 0.383 e. The highest BCUT2D eigenvalue weighted by atomic mass is 19.1. The molecule has 1 spiro atoms. The van der Waals surface area contributed by atoms with Crippen LogP contribution in [0.3, 0.4) is 0 Å². The molecule has 3 aromatic rings.